The number of hydrogen-bond acceptors (Lipinski definition) is 6. The standard InChI is InChI=1S/C14H19IS6/c1-5-8(3)17-13-14(18-9(4)6-2)21-12(20-13)11-16-7-10(15)19-11/h7-9H,5-6H2,1-4H3. The van der Waals surface area contributed by atoms with Crippen LogP contribution in [0.1, 0.15) is 40.5 Å². The largest absolute Gasteiger partial charge is 0.114 e. The third-order valence-electron chi connectivity index (χ3n) is 2.92. The van der Waals surface area contributed by atoms with Gasteiger partial charge in [-0.3, -0.25) is 0 Å². The first-order valence-corrected chi connectivity index (χ1v) is 13.1. The molecule has 0 bridgehead atoms. The highest BCUT2D eigenvalue weighted by molar-refractivity contribution is 14.1. The summed E-state index contributed by atoms with van der Waals surface area (Å²) in [7, 11) is 0. The van der Waals surface area contributed by atoms with E-state index in [1.54, 1.807) is 0 Å². The molecule has 118 valence electrons. The molecule has 2 atom stereocenters. The fourth-order valence-corrected chi connectivity index (χ4v) is 11.2. The van der Waals surface area contributed by atoms with Gasteiger partial charge < -0.3 is 0 Å². The lowest BCUT2D eigenvalue weighted by atomic mass is 10.4. The first-order chi connectivity index (χ1) is 10.0. The van der Waals surface area contributed by atoms with Crippen LogP contribution in [-0.2, 0) is 0 Å². The van der Waals surface area contributed by atoms with E-state index in [0.29, 0.717) is 10.5 Å². The second-order valence-corrected chi connectivity index (χ2v) is 14.5. The third kappa shape index (κ3) is 5.81. The summed E-state index contributed by atoms with van der Waals surface area (Å²) in [5.41, 5.74) is 0. The van der Waals surface area contributed by atoms with Crippen molar-refractivity contribution in [3.05, 3.63) is 25.3 Å². The molecule has 0 aromatic carbocycles. The van der Waals surface area contributed by atoms with Gasteiger partial charge in [0.05, 0.1) is 19.9 Å². The van der Waals surface area contributed by atoms with Crippen LogP contribution in [0.15, 0.2) is 25.3 Å². The molecule has 7 heteroatoms. The lowest BCUT2D eigenvalue weighted by Gasteiger charge is -2.12. The van der Waals surface area contributed by atoms with E-state index in [1.807, 2.05) is 47.0 Å². The van der Waals surface area contributed by atoms with Crippen LogP contribution in [-0.4, -0.2) is 10.5 Å². The Morgan fingerprint density at radius 1 is 0.952 bits per heavy atom. The van der Waals surface area contributed by atoms with Crippen molar-refractivity contribution in [1.82, 2.24) is 0 Å². The van der Waals surface area contributed by atoms with Gasteiger partial charge in [-0.1, -0.05) is 74.7 Å². The van der Waals surface area contributed by atoms with Crippen molar-refractivity contribution in [2.45, 2.75) is 51.0 Å². The van der Waals surface area contributed by atoms with E-state index in [0.717, 1.165) is 0 Å². The smallest absolute Gasteiger partial charge is 0.0717 e. The van der Waals surface area contributed by atoms with Crippen molar-refractivity contribution < 1.29 is 0 Å². The highest BCUT2D eigenvalue weighted by Gasteiger charge is 2.28. The molecule has 0 aliphatic carbocycles. The number of hydrogen-bond donors (Lipinski definition) is 0. The van der Waals surface area contributed by atoms with Crippen molar-refractivity contribution >= 4 is 93.2 Å². The lowest BCUT2D eigenvalue weighted by Crippen LogP contribution is -1.94. The molecule has 0 spiro atoms. The Morgan fingerprint density at radius 2 is 1.48 bits per heavy atom. The summed E-state index contributed by atoms with van der Waals surface area (Å²) < 4.78 is 7.41. The van der Waals surface area contributed by atoms with Crippen LogP contribution < -0.4 is 0 Å². The van der Waals surface area contributed by atoms with Crippen LogP contribution in [0.4, 0.5) is 0 Å². The van der Waals surface area contributed by atoms with Crippen LogP contribution in [0.5, 0.6) is 0 Å². The summed E-state index contributed by atoms with van der Waals surface area (Å²) in [5.74, 6) is 0. The van der Waals surface area contributed by atoms with Crippen molar-refractivity contribution in [2.75, 3.05) is 0 Å². The van der Waals surface area contributed by atoms with Crippen molar-refractivity contribution in [3.8, 4) is 0 Å². The zero-order valence-corrected chi connectivity index (χ0v) is 19.5. The summed E-state index contributed by atoms with van der Waals surface area (Å²) in [5, 5.41) is 3.66. The van der Waals surface area contributed by atoms with Gasteiger partial charge in [0, 0.05) is 10.5 Å². The summed E-state index contributed by atoms with van der Waals surface area (Å²) in [6.07, 6.45) is 2.46. The van der Waals surface area contributed by atoms with E-state index >= 15 is 0 Å². The minimum absolute atomic E-state index is 0.701. The molecule has 0 radical (unpaired) electrons. The third-order valence-corrected chi connectivity index (χ3v) is 13.0. The molecule has 0 fully saturated rings. The van der Waals surface area contributed by atoms with Gasteiger partial charge in [-0.2, -0.15) is 0 Å². The van der Waals surface area contributed by atoms with Crippen molar-refractivity contribution in [3.63, 3.8) is 0 Å². The Kier molecular flexibility index (Phi) is 8.78. The molecular formula is C14H19IS6. The van der Waals surface area contributed by atoms with E-state index < -0.39 is 0 Å². The fraction of sp³-hybridized carbons (Fsp3) is 0.571. The first-order valence-electron chi connectivity index (χ1n) is 6.91. The SMILES string of the molecule is CCC(C)SC1=C(SC(C)CC)SC(=C2SC=C(I)S2)S1. The van der Waals surface area contributed by atoms with Gasteiger partial charge in [0.2, 0.25) is 0 Å². The van der Waals surface area contributed by atoms with Crippen molar-refractivity contribution in [1.29, 1.82) is 0 Å². The average molecular weight is 507 g/mol. The van der Waals surface area contributed by atoms with Gasteiger partial charge in [0.25, 0.3) is 0 Å². The molecule has 0 nitrogen and oxygen atoms in total. The second kappa shape index (κ2) is 9.51. The number of thioether (sulfide) groups is 6. The maximum absolute atomic E-state index is 2.42. The molecule has 0 N–H and O–H groups in total. The van der Waals surface area contributed by atoms with Crippen LogP contribution >= 0.6 is 93.2 Å². The highest BCUT2D eigenvalue weighted by Crippen LogP contribution is 2.63. The summed E-state index contributed by atoms with van der Waals surface area (Å²) >= 11 is 14.4. The molecule has 2 aliphatic rings. The molecule has 0 saturated carbocycles. The van der Waals surface area contributed by atoms with Crippen LogP contribution in [0.3, 0.4) is 0 Å². The predicted molar refractivity (Wildman–Crippen MR) is 121 cm³/mol. The minimum Gasteiger partial charge on any atom is -0.114 e. The van der Waals surface area contributed by atoms with Gasteiger partial charge in [-0.25, -0.2) is 0 Å². The molecule has 2 aliphatic heterocycles. The van der Waals surface area contributed by atoms with Gasteiger partial charge >= 0.3 is 0 Å². The topological polar surface area (TPSA) is 0 Å². The molecule has 2 heterocycles. The molecule has 0 saturated heterocycles. The summed E-state index contributed by atoms with van der Waals surface area (Å²) in [6.45, 7) is 9.23. The van der Waals surface area contributed by atoms with Crippen LogP contribution in [0, 0.1) is 0 Å². The van der Waals surface area contributed by atoms with Gasteiger partial charge in [-0.15, -0.1) is 23.5 Å². The zero-order valence-electron chi connectivity index (χ0n) is 12.5. The predicted octanol–water partition coefficient (Wildman–Crippen LogP) is 8.50. The minimum atomic E-state index is 0.701. The van der Waals surface area contributed by atoms with Gasteiger partial charge in [0.1, 0.15) is 0 Å². The Balaban J connectivity index is 2.12. The summed E-state index contributed by atoms with van der Waals surface area (Å²) in [4.78, 5) is 0. The second-order valence-electron chi connectivity index (χ2n) is 4.67. The number of rotatable bonds is 6. The number of halogens is 1. The monoisotopic (exact) mass is 506 g/mol. The lowest BCUT2D eigenvalue weighted by molar-refractivity contribution is 0.909. The van der Waals surface area contributed by atoms with E-state index in [4.69, 9.17) is 0 Å². The van der Waals surface area contributed by atoms with Gasteiger partial charge in [-0.05, 0) is 40.8 Å². The van der Waals surface area contributed by atoms with E-state index in [1.165, 1.54) is 32.7 Å². The Bertz CT molecular complexity index is 456. The quantitative estimate of drug-likeness (QED) is 0.329. The van der Waals surface area contributed by atoms with E-state index in [2.05, 4.69) is 79.2 Å². The Labute approximate surface area is 167 Å². The molecular weight excluding hydrogens is 487 g/mol. The van der Waals surface area contributed by atoms with E-state index in [9.17, 15) is 0 Å². The zero-order chi connectivity index (χ0) is 15.4. The average Bonchev–Trinajstić information content (AvgIpc) is 3.05. The molecule has 2 unspecified atom stereocenters. The maximum Gasteiger partial charge on any atom is 0.0717 e. The first kappa shape index (κ1) is 19.4. The highest BCUT2D eigenvalue weighted by atomic mass is 127. The molecule has 0 aromatic heterocycles. The molecule has 2 rings (SSSR count). The maximum atomic E-state index is 2.42. The fourth-order valence-electron chi connectivity index (χ4n) is 1.36. The normalized spacial score (nSPS) is 22.0. The molecule has 21 heavy (non-hydrogen) atoms. The molecule has 0 amide bonds. The van der Waals surface area contributed by atoms with Gasteiger partial charge in [0.15, 0.2) is 0 Å². The van der Waals surface area contributed by atoms with Crippen LogP contribution in [0.25, 0.3) is 0 Å². The molecule has 0 aromatic rings. The Hall–Kier alpha value is 2.05. The van der Waals surface area contributed by atoms with Crippen molar-refractivity contribution in [2.24, 2.45) is 0 Å². The summed E-state index contributed by atoms with van der Waals surface area (Å²) in [6, 6.07) is 0. The van der Waals surface area contributed by atoms with Crippen LogP contribution in [0.2, 0.25) is 0 Å². The van der Waals surface area contributed by atoms with E-state index in [-0.39, 0.29) is 0 Å². The Morgan fingerprint density at radius 3 is 1.86 bits per heavy atom.